The summed E-state index contributed by atoms with van der Waals surface area (Å²) in [5.41, 5.74) is 1.75. The van der Waals surface area contributed by atoms with Gasteiger partial charge in [0.05, 0.1) is 23.3 Å². The second-order valence-electron chi connectivity index (χ2n) is 4.84. The third kappa shape index (κ3) is 3.87. The third-order valence-corrected chi connectivity index (χ3v) is 4.15. The van der Waals surface area contributed by atoms with Crippen LogP contribution in [0.4, 0.5) is 8.78 Å². The number of imidazole rings is 1. The largest absolute Gasteiger partial charge is 0.348 e. The number of carbonyl (C=O) groups excluding carboxylic acids is 1. The first kappa shape index (κ1) is 15.5. The molecule has 0 spiro atoms. The molecule has 0 aliphatic rings. The number of fused-ring (bicyclic) bond motifs is 1. The van der Waals surface area contributed by atoms with Crippen LogP contribution in [0.3, 0.4) is 0 Å². The van der Waals surface area contributed by atoms with Gasteiger partial charge in [-0.3, -0.25) is 4.79 Å². The molecule has 0 radical (unpaired) electrons. The predicted molar refractivity (Wildman–Crippen MR) is 85.0 cm³/mol. The molecule has 0 fully saturated rings. The molecule has 0 saturated heterocycles. The van der Waals surface area contributed by atoms with Crippen LogP contribution in [-0.4, -0.2) is 21.6 Å². The summed E-state index contributed by atoms with van der Waals surface area (Å²) in [6, 6.07) is 11.2. The van der Waals surface area contributed by atoms with E-state index in [1.807, 2.05) is 24.3 Å². The van der Waals surface area contributed by atoms with E-state index in [1.165, 1.54) is 6.07 Å². The van der Waals surface area contributed by atoms with E-state index in [-0.39, 0.29) is 18.2 Å². The molecule has 2 aromatic carbocycles. The van der Waals surface area contributed by atoms with Gasteiger partial charge >= 0.3 is 0 Å². The molecule has 0 atom stereocenters. The number of aromatic nitrogens is 2. The van der Waals surface area contributed by atoms with Crippen LogP contribution in [0, 0.1) is 11.6 Å². The fourth-order valence-corrected chi connectivity index (χ4v) is 2.79. The number of nitrogens with one attached hydrogen (secondary N) is 2. The van der Waals surface area contributed by atoms with Crippen LogP contribution >= 0.6 is 11.8 Å². The number of amides is 1. The average molecular weight is 333 g/mol. The topological polar surface area (TPSA) is 57.8 Å². The number of halogens is 2. The Hall–Kier alpha value is -2.41. The zero-order valence-electron chi connectivity index (χ0n) is 12.0. The van der Waals surface area contributed by atoms with Crippen LogP contribution in [0.2, 0.25) is 0 Å². The molecule has 118 valence electrons. The summed E-state index contributed by atoms with van der Waals surface area (Å²) >= 11 is 1.14. The molecule has 0 aliphatic carbocycles. The van der Waals surface area contributed by atoms with Gasteiger partial charge in [-0.15, -0.1) is 11.8 Å². The number of hydrogen-bond donors (Lipinski definition) is 2. The maximum absolute atomic E-state index is 13.1. The second-order valence-corrected chi connectivity index (χ2v) is 5.89. The van der Waals surface area contributed by atoms with E-state index in [2.05, 4.69) is 15.3 Å². The number of H-pyrrole nitrogens is 1. The maximum atomic E-state index is 13.1. The van der Waals surface area contributed by atoms with Crippen LogP contribution in [0.25, 0.3) is 11.0 Å². The molecule has 3 aromatic rings. The zero-order chi connectivity index (χ0) is 16.2. The van der Waals surface area contributed by atoms with Gasteiger partial charge in [-0.05, 0) is 30.3 Å². The normalized spacial score (nSPS) is 10.9. The predicted octanol–water partition coefficient (Wildman–Crippen LogP) is 3.25. The third-order valence-electron chi connectivity index (χ3n) is 3.15. The Morgan fingerprint density at radius 1 is 1.17 bits per heavy atom. The van der Waals surface area contributed by atoms with Crippen molar-refractivity contribution in [3.63, 3.8) is 0 Å². The summed E-state index contributed by atoms with van der Waals surface area (Å²) in [7, 11) is 0. The molecule has 3 rings (SSSR count). The first-order valence-corrected chi connectivity index (χ1v) is 7.88. The van der Waals surface area contributed by atoms with E-state index >= 15 is 0 Å². The van der Waals surface area contributed by atoms with Gasteiger partial charge in [0.25, 0.3) is 0 Å². The van der Waals surface area contributed by atoms with Crippen molar-refractivity contribution in [2.75, 3.05) is 5.75 Å². The number of rotatable bonds is 5. The molecule has 2 N–H and O–H groups in total. The number of aromatic amines is 1. The first-order chi connectivity index (χ1) is 11.1. The minimum atomic E-state index is -0.919. The standard InChI is InChI=1S/C16H13F2N3OS/c17-11-6-5-10(7-12(11)18)23-9-16(22)19-8-15-20-13-3-1-2-4-14(13)21-15/h1-7H,8-9H2,(H,19,22)(H,20,21). The van der Waals surface area contributed by atoms with Crippen LogP contribution in [0.1, 0.15) is 5.82 Å². The zero-order valence-corrected chi connectivity index (χ0v) is 12.8. The van der Waals surface area contributed by atoms with Gasteiger partial charge in [0, 0.05) is 4.90 Å². The number of para-hydroxylation sites is 2. The molecule has 1 amide bonds. The molecule has 0 aliphatic heterocycles. The van der Waals surface area contributed by atoms with Crippen LogP contribution in [-0.2, 0) is 11.3 Å². The van der Waals surface area contributed by atoms with Crippen molar-refractivity contribution in [3.05, 3.63) is 59.9 Å². The minimum Gasteiger partial charge on any atom is -0.348 e. The summed E-state index contributed by atoms with van der Waals surface area (Å²) in [5.74, 6) is -1.25. The molecule has 1 aromatic heterocycles. The number of nitrogens with zero attached hydrogens (tertiary/aromatic N) is 1. The highest BCUT2D eigenvalue weighted by atomic mass is 32.2. The van der Waals surface area contributed by atoms with E-state index in [0.717, 1.165) is 34.9 Å². The minimum absolute atomic E-state index is 0.116. The van der Waals surface area contributed by atoms with Crippen molar-refractivity contribution in [2.24, 2.45) is 0 Å². The summed E-state index contributed by atoms with van der Waals surface area (Å²) in [5, 5.41) is 2.73. The molecule has 0 unspecified atom stereocenters. The highest BCUT2D eigenvalue weighted by molar-refractivity contribution is 8.00. The molecule has 1 heterocycles. The lowest BCUT2D eigenvalue weighted by atomic mass is 10.3. The van der Waals surface area contributed by atoms with Crippen LogP contribution in [0.5, 0.6) is 0 Å². The van der Waals surface area contributed by atoms with Gasteiger partial charge in [-0.2, -0.15) is 0 Å². The summed E-state index contributed by atoms with van der Waals surface area (Å²) in [6.45, 7) is 0.284. The Morgan fingerprint density at radius 2 is 2.00 bits per heavy atom. The van der Waals surface area contributed by atoms with Gasteiger partial charge in [0.15, 0.2) is 11.6 Å². The van der Waals surface area contributed by atoms with Crippen molar-refractivity contribution < 1.29 is 13.6 Å². The molecule has 23 heavy (non-hydrogen) atoms. The average Bonchev–Trinajstić information content (AvgIpc) is 2.97. The summed E-state index contributed by atoms with van der Waals surface area (Å²) < 4.78 is 25.9. The van der Waals surface area contributed by atoms with Gasteiger partial charge in [0.1, 0.15) is 5.82 Å². The lowest BCUT2D eigenvalue weighted by Gasteiger charge is -2.04. The number of thioether (sulfide) groups is 1. The number of hydrogen-bond acceptors (Lipinski definition) is 3. The molecule has 0 saturated carbocycles. The fraction of sp³-hybridized carbons (Fsp3) is 0.125. The van der Waals surface area contributed by atoms with Gasteiger partial charge in [-0.1, -0.05) is 12.1 Å². The highest BCUT2D eigenvalue weighted by Crippen LogP contribution is 2.20. The van der Waals surface area contributed by atoms with E-state index in [9.17, 15) is 13.6 Å². The van der Waals surface area contributed by atoms with Crippen LogP contribution < -0.4 is 5.32 Å². The Labute approximate surface area is 135 Å². The monoisotopic (exact) mass is 333 g/mol. The number of carbonyl (C=O) groups is 1. The van der Waals surface area contributed by atoms with Crippen molar-refractivity contribution in [1.82, 2.24) is 15.3 Å². The van der Waals surface area contributed by atoms with Crippen molar-refractivity contribution in [1.29, 1.82) is 0 Å². The van der Waals surface area contributed by atoms with E-state index in [1.54, 1.807) is 0 Å². The molecule has 0 bridgehead atoms. The first-order valence-electron chi connectivity index (χ1n) is 6.90. The molecular formula is C16H13F2N3OS. The van der Waals surface area contributed by atoms with Gasteiger partial charge in [0.2, 0.25) is 5.91 Å². The fourth-order valence-electron chi connectivity index (χ4n) is 2.04. The van der Waals surface area contributed by atoms with Gasteiger partial charge < -0.3 is 10.3 Å². The molecule has 7 heteroatoms. The Balaban J connectivity index is 1.52. The second kappa shape index (κ2) is 6.78. The quantitative estimate of drug-likeness (QED) is 0.705. The summed E-state index contributed by atoms with van der Waals surface area (Å²) in [6.07, 6.45) is 0. The van der Waals surface area contributed by atoms with E-state index in [0.29, 0.717) is 10.7 Å². The maximum Gasteiger partial charge on any atom is 0.230 e. The Morgan fingerprint density at radius 3 is 2.78 bits per heavy atom. The van der Waals surface area contributed by atoms with Crippen molar-refractivity contribution in [2.45, 2.75) is 11.4 Å². The van der Waals surface area contributed by atoms with Crippen molar-refractivity contribution >= 4 is 28.7 Å². The smallest absolute Gasteiger partial charge is 0.230 e. The van der Waals surface area contributed by atoms with Gasteiger partial charge in [-0.25, -0.2) is 13.8 Å². The lowest BCUT2D eigenvalue weighted by molar-refractivity contribution is -0.118. The van der Waals surface area contributed by atoms with E-state index in [4.69, 9.17) is 0 Å². The lowest BCUT2D eigenvalue weighted by Crippen LogP contribution is -2.25. The van der Waals surface area contributed by atoms with Crippen LogP contribution in [0.15, 0.2) is 47.4 Å². The molecular weight excluding hydrogens is 320 g/mol. The SMILES string of the molecule is O=C(CSc1ccc(F)c(F)c1)NCc1nc2ccccc2[nH]1. The molecule has 4 nitrogen and oxygen atoms in total. The highest BCUT2D eigenvalue weighted by Gasteiger charge is 2.07. The Bertz CT molecular complexity index is 817. The number of benzene rings is 2. The van der Waals surface area contributed by atoms with Crippen molar-refractivity contribution in [3.8, 4) is 0 Å². The summed E-state index contributed by atoms with van der Waals surface area (Å²) in [4.78, 5) is 19.8. The van der Waals surface area contributed by atoms with E-state index < -0.39 is 11.6 Å². The Kier molecular flexibility index (Phi) is 4.57.